The summed E-state index contributed by atoms with van der Waals surface area (Å²) in [7, 11) is -1.63. The van der Waals surface area contributed by atoms with Gasteiger partial charge in [-0.25, -0.2) is 8.42 Å². The van der Waals surface area contributed by atoms with E-state index in [4.69, 9.17) is 44.3 Å². The van der Waals surface area contributed by atoms with Crippen LogP contribution in [-0.4, -0.2) is 33.5 Å². The first-order valence-corrected chi connectivity index (χ1v) is 12.1. The molecule has 2 N–H and O–H groups in total. The fraction of sp³-hybridized carbons (Fsp3) is 0.0952. The highest BCUT2D eigenvalue weighted by atomic mass is 35.5. The van der Waals surface area contributed by atoms with E-state index in [1.807, 2.05) is 0 Å². The van der Waals surface area contributed by atoms with Crippen LogP contribution < -0.4 is 19.5 Å². The zero-order valence-corrected chi connectivity index (χ0v) is 21.1. The van der Waals surface area contributed by atoms with E-state index < -0.39 is 25.7 Å². The second-order valence-electron chi connectivity index (χ2n) is 6.81. The summed E-state index contributed by atoms with van der Waals surface area (Å²) in [6, 6.07) is 9.84. The summed E-state index contributed by atoms with van der Waals surface area (Å²) in [5.41, 5.74) is -0.136. The van der Waals surface area contributed by atoms with Gasteiger partial charge in [-0.15, -0.1) is 0 Å². The van der Waals surface area contributed by atoms with E-state index in [1.54, 1.807) is 0 Å². The molecule has 14 heteroatoms. The molecule has 0 saturated heterocycles. The predicted molar refractivity (Wildman–Crippen MR) is 133 cm³/mol. The molecule has 0 saturated carbocycles. The largest absolute Gasteiger partial charge is 0.495 e. The second-order valence-corrected chi connectivity index (χ2v) is 9.69. The second kappa shape index (κ2) is 10.6. The van der Waals surface area contributed by atoms with Crippen LogP contribution in [0.15, 0.2) is 53.4 Å². The third-order valence-corrected chi connectivity index (χ3v) is 7.05. The first-order chi connectivity index (χ1) is 16.5. The van der Waals surface area contributed by atoms with Crippen LogP contribution >= 0.6 is 34.8 Å². The molecule has 0 unspecified atom stereocenters. The summed E-state index contributed by atoms with van der Waals surface area (Å²) in [6.45, 7) is 0. The molecule has 3 aromatic rings. The normalized spacial score (nSPS) is 11.0. The summed E-state index contributed by atoms with van der Waals surface area (Å²) in [4.78, 5) is 22.5. The maximum absolute atomic E-state index is 13.1. The van der Waals surface area contributed by atoms with Crippen molar-refractivity contribution in [3.63, 3.8) is 0 Å². The Morgan fingerprint density at radius 3 is 2.11 bits per heavy atom. The number of hydrogen-bond acceptors (Lipinski definition) is 7. The van der Waals surface area contributed by atoms with Crippen LogP contribution in [0.25, 0.3) is 0 Å². The van der Waals surface area contributed by atoms with Crippen LogP contribution in [0.4, 0.5) is 17.1 Å². The number of nitrogens with one attached hydrogen (secondary N) is 2. The maximum Gasteiger partial charge on any atom is 0.269 e. The number of benzene rings is 3. The summed E-state index contributed by atoms with van der Waals surface area (Å²) in [5, 5.41) is 13.1. The molecular formula is C21H16Cl3N3O7S. The van der Waals surface area contributed by atoms with E-state index in [0.717, 1.165) is 12.1 Å². The van der Waals surface area contributed by atoms with Crippen molar-refractivity contribution in [2.24, 2.45) is 0 Å². The molecule has 0 fully saturated rings. The summed E-state index contributed by atoms with van der Waals surface area (Å²) < 4.78 is 38.9. The number of nitro benzene ring substituents is 1. The smallest absolute Gasteiger partial charge is 0.269 e. The molecule has 0 heterocycles. The first kappa shape index (κ1) is 26.4. The lowest BCUT2D eigenvalue weighted by molar-refractivity contribution is -0.384. The van der Waals surface area contributed by atoms with Crippen molar-refractivity contribution >= 4 is 67.8 Å². The molecule has 1 amide bonds. The van der Waals surface area contributed by atoms with E-state index in [9.17, 15) is 23.3 Å². The minimum atomic E-state index is -4.35. The molecule has 10 nitrogen and oxygen atoms in total. The van der Waals surface area contributed by atoms with Gasteiger partial charge in [0.25, 0.3) is 21.6 Å². The van der Waals surface area contributed by atoms with E-state index in [1.165, 1.54) is 50.6 Å². The number of anilines is 2. The Hall–Kier alpha value is -3.25. The molecule has 0 bridgehead atoms. The molecule has 0 radical (unpaired) electrons. The topological polar surface area (TPSA) is 137 Å². The van der Waals surface area contributed by atoms with Crippen LogP contribution in [0.5, 0.6) is 11.5 Å². The van der Waals surface area contributed by atoms with Crippen LogP contribution in [0.2, 0.25) is 15.1 Å². The standard InChI is InChI=1S/C21H16Cl3N3O7S/c1-33-18-10-19(34-2)17(9-15(18)23)26-35(31,32)20-7-13(14(22)8-16(20)24)21(28)25-11-3-5-12(6-4-11)27(29)30/h3-10,26H,1-2H3,(H,25,28). The molecule has 0 aromatic heterocycles. The summed E-state index contributed by atoms with van der Waals surface area (Å²) in [6.07, 6.45) is 0. The number of halogens is 3. The van der Waals surface area contributed by atoms with Crippen molar-refractivity contribution < 1.29 is 27.6 Å². The molecule has 0 spiro atoms. The third kappa shape index (κ3) is 5.88. The van der Waals surface area contributed by atoms with Gasteiger partial charge in [-0.3, -0.25) is 19.6 Å². The Morgan fingerprint density at radius 2 is 1.54 bits per heavy atom. The summed E-state index contributed by atoms with van der Waals surface area (Å²) >= 11 is 18.4. The quantitative estimate of drug-likeness (QED) is 0.269. The molecule has 184 valence electrons. The number of nitro groups is 1. The average molecular weight is 561 g/mol. The molecule has 0 atom stereocenters. The Kier molecular flexibility index (Phi) is 7.96. The lowest BCUT2D eigenvalue weighted by atomic mass is 10.2. The van der Waals surface area contributed by atoms with E-state index in [0.29, 0.717) is 0 Å². The van der Waals surface area contributed by atoms with Crippen LogP contribution in [0, 0.1) is 10.1 Å². The highest BCUT2D eigenvalue weighted by Gasteiger charge is 2.25. The van der Waals surface area contributed by atoms with Gasteiger partial charge in [-0.1, -0.05) is 34.8 Å². The first-order valence-electron chi connectivity index (χ1n) is 9.46. The highest BCUT2D eigenvalue weighted by Crippen LogP contribution is 2.38. The fourth-order valence-corrected chi connectivity index (χ4v) is 5.08. The third-order valence-electron chi connectivity index (χ3n) is 4.61. The average Bonchev–Trinajstić information content (AvgIpc) is 2.79. The number of methoxy groups -OCH3 is 2. The zero-order valence-electron chi connectivity index (χ0n) is 18.0. The lowest BCUT2D eigenvalue weighted by Gasteiger charge is -2.16. The van der Waals surface area contributed by atoms with Gasteiger partial charge in [-0.05, 0) is 30.3 Å². The van der Waals surface area contributed by atoms with Crippen molar-refractivity contribution in [1.82, 2.24) is 0 Å². The van der Waals surface area contributed by atoms with Crippen molar-refractivity contribution in [1.29, 1.82) is 0 Å². The van der Waals surface area contributed by atoms with Gasteiger partial charge in [-0.2, -0.15) is 0 Å². The van der Waals surface area contributed by atoms with Crippen LogP contribution in [0.3, 0.4) is 0 Å². The van der Waals surface area contributed by atoms with Gasteiger partial charge in [0.05, 0.1) is 45.5 Å². The number of sulfonamides is 1. The van der Waals surface area contributed by atoms with E-state index >= 15 is 0 Å². The number of nitrogens with zero attached hydrogens (tertiary/aromatic N) is 1. The number of carbonyl (C=O) groups is 1. The van der Waals surface area contributed by atoms with E-state index in [-0.39, 0.29) is 49.2 Å². The molecule has 3 rings (SSSR count). The number of ether oxygens (including phenoxy) is 2. The Morgan fingerprint density at radius 1 is 0.914 bits per heavy atom. The number of amides is 1. The lowest BCUT2D eigenvalue weighted by Crippen LogP contribution is -2.17. The van der Waals surface area contributed by atoms with Gasteiger partial charge in [0, 0.05) is 23.9 Å². The SMILES string of the molecule is COc1cc(OC)c(NS(=O)(=O)c2cc(C(=O)Nc3ccc([N+](=O)[O-])cc3)c(Cl)cc2Cl)cc1Cl. The van der Waals surface area contributed by atoms with Gasteiger partial charge >= 0.3 is 0 Å². The van der Waals surface area contributed by atoms with Gasteiger partial charge in [0.2, 0.25) is 0 Å². The molecule has 3 aromatic carbocycles. The molecule has 0 aliphatic carbocycles. The minimum Gasteiger partial charge on any atom is -0.495 e. The number of carbonyl (C=O) groups excluding carboxylic acids is 1. The maximum atomic E-state index is 13.1. The van der Waals surface area contributed by atoms with Crippen molar-refractivity contribution in [2.45, 2.75) is 4.90 Å². The van der Waals surface area contributed by atoms with Crippen LogP contribution in [0.1, 0.15) is 10.4 Å². The van der Waals surface area contributed by atoms with Gasteiger partial charge < -0.3 is 14.8 Å². The molecule has 0 aliphatic heterocycles. The summed E-state index contributed by atoms with van der Waals surface area (Å²) in [5.74, 6) is -0.376. The Bertz CT molecular complexity index is 1410. The molecule has 35 heavy (non-hydrogen) atoms. The molecule has 0 aliphatic rings. The Labute approximate surface area is 214 Å². The van der Waals surface area contributed by atoms with E-state index in [2.05, 4.69) is 10.0 Å². The van der Waals surface area contributed by atoms with Crippen LogP contribution in [-0.2, 0) is 10.0 Å². The number of hydrogen-bond donors (Lipinski definition) is 2. The predicted octanol–water partition coefficient (Wildman–Crippen LogP) is 5.63. The monoisotopic (exact) mass is 559 g/mol. The molecular weight excluding hydrogens is 545 g/mol. The van der Waals surface area contributed by atoms with Gasteiger partial charge in [0.15, 0.2) is 0 Å². The van der Waals surface area contributed by atoms with Gasteiger partial charge in [0.1, 0.15) is 16.4 Å². The zero-order chi connectivity index (χ0) is 25.9. The van der Waals surface area contributed by atoms with Crippen molar-refractivity contribution in [3.05, 3.63) is 79.3 Å². The fourth-order valence-electron chi connectivity index (χ4n) is 2.91. The van der Waals surface area contributed by atoms with Crippen molar-refractivity contribution in [3.8, 4) is 11.5 Å². The highest BCUT2D eigenvalue weighted by molar-refractivity contribution is 7.92. The van der Waals surface area contributed by atoms with Crippen molar-refractivity contribution in [2.75, 3.05) is 24.3 Å². The minimum absolute atomic E-state index is 0.00111. The number of non-ortho nitro benzene ring substituents is 1. The Balaban J connectivity index is 1.95. The number of rotatable bonds is 8.